The van der Waals surface area contributed by atoms with Crippen LogP contribution in [0.25, 0.3) is 10.8 Å². The lowest BCUT2D eigenvalue weighted by atomic mass is 9.82. The molecule has 0 aromatic heterocycles. The fraction of sp³-hybridized carbons (Fsp3) is 0.190. The predicted octanol–water partition coefficient (Wildman–Crippen LogP) is 5.22. The molecule has 126 valence electrons. The Morgan fingerprint density at radius 1 is 1.00 bits per heavy atom. The molecule has 0 radical (unpaired) electrons. The van der Waals surface area contributed by atoms with Crippen LogP contribution in [0.3, 0.4) is 0 Å². The van der Waals surface area contributed by atoms with Gasteiger partial charge in [-0.25, -0.2) is 13.6 Å². The lowest BCUT2D eigenvalue weighted by molar-refractivity contribution is -0.0200. The van der Waals surface area contributed by atoms with Crippen LogP contribution in [0.1, 0.15) is 33.5 Å². The molecule has 1 unspecified atom stereocenters. The number of esters is 1. The van der Waals surface area contributed by atoms with Gasteiger partial charge >= 0.3 is 5.97 Å². The summed E-state index contributed by atoms with van der Waals surface area (Å²) in [6, 6.07) is 18.3. The van der Waals surface area contributed by atoms with E-state index in [1.54, 1.807) is 24.3 Å². The fourth-order valence-corrected chi connectivity index (χ4v) is 3.54. The van der Waals surface area contributed by atoms with Crippen LogP contribution in [-0.2, 0) is 10.3 Å². The molecular formula is C21H16F2O2. The standard InChI is InChI=1S/C21H16F2O2/c1-13-6-8-16(9-7-13)21(12-19(22)23)18-11-15-5-3-2-4-14(15)10-17(18)20(24)25-21/h2-11,19H,12H2,1H3. The number of carbonyl (C=O) groups is 1. The topological polar surface area (TPSA) is 26.3 Å². The summed E-state index contributed by atoms with van der Waals surface area (Å²) in [4.78, 5) is 12.5. The first-order chi connectivity index (χ1) is 12.0. The maximum atomic E-state index is 13.4. The van der Waals surface area contributed by atoms with Crippen LogP contribution in [0.4, 0.5) is 8.78 Å². The molecule has 1 aliphatic rings. The fourth-order valence-electron chi connectivity index (χ4n) is 3.54. The van der Waals surface area contributed by atoms with Crippen molar-refractivity contribution in [3.63, 3.8) is 0 Å². The predicted molar refractivity (Wildman–Crippen MR) is 91.9 cm³/mol. The minimum Gasteiger partial charge on any atom is -0.445 e. The Kier molecular flexibility index (Phi) is 3.57. The van der Waals surface area contributed by atoms with Gasteiger partial charge in [-0.05, 0) is 29.8 Å². The molecule has 0 saturated carbocycles. The molecular weight excluding hydrogens is 322 g/mol. The van der Waals surface area contributed by atoms with Crippen molar-refractivity contribution in [3.05, 3.63) is 82.9 Å². The average Bonchev–Trinajstić information content (AvgIpc) is 2.85. The van der Waals surface area contributed by atoms with Crippen molar-refractivity contribution in [2.75, 3.05) is 0 Å². The Morgan fingerprint density at radius 2 is 1.64 bits per heavy atom. The van der Waals surface area contributed by atoms with E-state index in [0.717, 1.165) is 16.3 Å². The van der Waals surface area contributed by atoms with Crippen molar-refractivity contribution in [2.45, 2.75) is 25.4 Å². The largest absolute Gasteiger partial charge is 0.445 e. The zero-order chi connectivity index (χ0) is 17.6. The quantitative estimate of drug-likeness (QED) is 0.612. The second kappa shape index (κ2) is 5.66. The summed E-state index contributed by atoms with van der Waals surface area (Å²) in [7, 11) is 0. The van der Waals surface area contributed by atoms with E-state index in [4.69, 9.17) is 4.74 Å². The summed E-state index contributed by atoms with van der Waals surface area (Å²) in [5.74, 6) is -0.554. The summed E-state index contributed by atoms with van der Waals surface area (Å²) in [5.41, 5.74) is 1.01. The van der Waals surface area contributed by atoms with E-state index in [2.05, 4.69) is 0 Å². The second-order valence-corrected chi connectivity index (χ2v) is 6.42. The van der Waals surface area contributed by atoms with Gasteiger partial charge < -0.3 is 4.74 Å². The van der Waals surface area contributed by atoms with Crippen molar-refractivity contribution >= 4 is 16.7 Å². The van der Waals surface area contributed by atoms with Crippen molar-refractivity contribution in [2.24, 2.45) is 0 Å². The molecule has 3 aromatic carbocycles. The summed E-state index contributed by atoms with van der Waals surface area (Å²) in [6.45, 7) is 1.92. The number of carbonyl (C=O) groups excluding carboxylic acids is 1. The van der Waals surface area contributed by atoms with Gasteiger partial charge in [-0.15, -0.1) is 0 Å². The normalized spacial score (nSPS) is 19.3. The number of fused-ring (bicyclic) bond motifs is 2. The Balaban J connectivity index is 1.99. The van der Waals surface area contributed by atoms with E-state index in [9.17, 15) is 13.6 Å². The molecule has 0 spiro atoms. The summed E-state index contributed by atoms with van der Waals surface area (Å²) in [5, 5.41) is 1.78. The maximum absolute atomic E-state index is 13.4. The van der Waals surface area contributed by atoms with Crippen LogP contribution >= 0.6 is 0 Å². The van der Waals surface area contributed by atoms with E-state index in [0.29, 0.717) is 16.7 Å². The molecule has 1 atom stereocenters. The Labute approximate surface area is 144 Å². The number of ether oxygens (including phenoxy) is 1. The van der Waals surface area contributed by atoms with Gasteiger partial charge in [-0.1, -0.05) is 54.1 Å². The molecule has 3 aromatic rings. The van der Waals surface area contributed by atoms with Gasteiger partial charge in [-0.2, -0.15) is 0 Å². The van der Waals surface area contributed by atoms with E-state index in [1.807, 2.05) is 43.3 Å². The highest BCUT2D eigenvalue weighted by Gasteiger charge is 2.48. The van der Waals surface area contributed by atoms with E-state index < -0.39 is 24.4 Å². The van der Waals surface area contributed by atoms with E-state index in [-0.39, 0.29) is 0 Å². The van der Waals surface area contributed by atoms with Gasteiger partial charge in [0.05, 0.1) is 12.0 Å². The van der Waals surface area contributed by atoms with Gasteiger partial charge in [0, 0.05) is 11.1 Å². The Morgan fingerprint density at radius 3 is 2.28 bits per heavy atom. The summed E-state index contributed by atoms with van der Waals surface area (Å²) in [6.07, 6.45) is -3.17. The van der Waals surface area contributed by atoms with Crippen LogP contribution in [0.2, 0.25) is 0 Å². The molecule has 1 heterocycles. The Bertz CT molecular complexity index is 963. The van der Waals surface area contributed by atoms with E-state index >= 15 is 0 Å². The number of aryl methyl sites for hydroxylation is 1. The van der Waals surface area contributed by atoms with Gasteiger partial charge in [0.15, 0.2) is 5.60 Å². The molecule has 0 N–H and O–H groups in total. The zero-order valence-electron chi connectivity index (χ0n) is 13.6. The minimum absolute atomic E-state index is 0.361. The van der Waals surface area contributed by atoms with Crippen LogP contribution in [-0.4, -0.2) is 12.4 Å². The van der Waals surface area contributed by atoms with Crippen LogP contribution in [0.15, 0.2) is 60.7 Å². The number of hydrogen-bond acceptors (Lipinski definition) is 2. The third-order valence-corrected chi connectivity index (χ3v) is 4.77. The monoisotopic (exact) mass is 338 g/mol. The van der Waals surface area contributed by atoms with Crippen molar-refractivity contribution in [1.82, 2.24) is 0 Å². The first kappa shape index (κ1) is 15.8. The van der Waals surface area contributed by atoms with Crippen LogP contribution in [0.5, 0.6) is 0 Å². The lowest BCUT2D eigenvalue weighted by Gasteiger charge is -2.29. The third-order valence-electron chi connectivity index (χ3n) is 4.77. The highest BCUT2D eigenvalue weighted by molar-refractivity contribution is 6.00. The third kappa shape index (κ3) is 2.49. The number of cyclic esters (lactones) is 1. The second-order valence-electron chi connectivity index (χ2n) is 6.42. The van der Waals surface area contributed by atoms with Crippen LogP contribution in [0, 0.1) is 6.92 Å². The maximum Gasteiger partial charge on any atom is 0.339 e. The molecule has 0 amide bonds. The van der Waals surface area contributed by atoms with Crippen molar-refractivity contribution in [1.29, 1.82) is 0 Å². The van der Waals surface area contributed by atoms with Crippen LogP contribution < -0.4 is 0 Å². The molecule has 0 bridgehead atoms. The first-order valence-electron chi connectivity index (χ1n) is 8.11. The SMILES string of the molecule is Cc1ccc(C2(CC(F)F)OC(=O)c3cc4ccccc4cc32)cc1. The van der Waals surface area contributed by atoms with Gasteiger partial charge in [0.1, 0.15) is 0 Å². The van der Waals surface area contributed by atoms with Crippen molar-refractivity contribution < 1.29 is 18.3 Å². The molecule has 2 nitrogen and oxygen atoms in total. The number of benzene rings is 3. The summed E-state index contributed by atoms with van der Waals surface area (Å²) < 4.78 is 32.5. The van der Waals surface area contributed by atoms with Gasteiger partial charge in [0.25, 0.3) is 0 Å². The highest BCUT2D eigenvalue weighted by atomic mass is 19.3. The Hall–Kier alpha value is -2.75. The molecule has 25 heavy (non-hydrogen) atoms. The molecule has 0 aliphatic carbocycles. The number of alkyl halides is 2. The van der Waals surface area contributed by atoms with Crippen molar-refractivity contribution in [3.8, 4) is 0 Å². The van der Waals surface area contributed by atoms with Gasteiger partial charge in [-0.3, -0.25) is 0 Å². The smallest absolute Gasteiger partial charge is 0.339 e. The summed E-state index contributed by atoms with van der Waals surface area (Å²) >= 11 is 0. The van der Waals surface area contributed by atoms with E-state index in [1.165, 1.54) is 0 Å². The molecule has 4 heteroatoms. The lowest BCUT2D eigenvalue weighted by Crippen LogP contribution is -2.30. The number of halogens is 2. The molecule has 0 saturated heterocycles. The molecule has 4 rings (SSSR count). The zero-order valence-corrected chi connectivity index (χ0v) is 13.6. The number of rotatable bonds is 3. The molecule has 1 aliphatic heterocycles. The minimum atomic E-state index is -2.61. The molecule has 0 fully saturated rings. The number of hydrogen-bond donors (Lipinski definition) is 0. The first-order valence-corrected chi connectivity index (χ1v) is 8.11. The van der Waals surface area contributed by atoms with Gasteiger partial charge in [0.2, 0.25) is 6.43 Å². The highest BCUT2D eigenvalue weighted by Crippen LogP contribution is 2.47. The average molecular weight is 338 g/mol.